The summed E-state index contributed by atoms with van der Waals surface area (Å²) in [5, 5.41) is 10.6. The fourth-order valence-electron chi connectivity index (χ4n) is 2.12. The lowest BCUT2D eigenvalue weighted by Gasteiger charge is -2.14. The second kappa shape index (κ2) is 6.27. The van der Waals surface area contributed by atoms with E-state index >= 15 is 0 Å². The molecule has 23 heavy (non-hydrogen) atoms. The standard InChI is InChI=1S/C16H16N6O/c1-21(2)12-7-8-17-14(11-12)16(23)19-13-5-3-4-6-15(13)22-10-9-18-20-22/h3-11H,1-2H3,(H,19,23). The first kappa shape index (κ1) is 14.7. The Hall–Kier alpha value is -3.22. The molecule has 0 aliphatic carbocycles. The Balaban J connectivity index is 1.88. The first-order valence-corrected chi connectivity index (χ1v) is 7.05. The van der Waals surface area contributed by atoms with Gasteiger partial charge in [0.05, 0.1) is 23.8 Å². The van der Waals surface area contributed by atoms with Gasteiger partial charge in [-0.05, 0) is 24.3 Å². The highest BCUT2D eigenvalue weighted by Gasteiger charge is 2.12. The molecule has 0 aliphatic rings. The molecule has 1 aromatic carbocycles. The summed E-state index contributed by atoms with van der Waals surface area (Å²) >= 11 is 0. The molecule has 0 spiro atoms. The summed E-state index contributed by atoms with van der Waals surface area (Å²) in [6, 6.07) is 11.0. The van der Waals surface area contributed by atoms with Gasteiger partial charge < -0.3 is 10.2 Å². The predicted octanol–water partition coefficient (Wildman–Crippen LogP) is 1.98. The van der Waals surface area contributed by atoms with Gasteiger partial charge in [-0.15, -0.1) is 5.10 Å². The molecular formula is C16H16N6O. The van der Waals surface area contributed by atoms with Crippen molar-refractivity contribution in [1.82, 2.24) is 20.0 Å². The lowest BCUT2D eigenvalue weighted by atomic mass is 10.2. The molecule has 7 heteroatoms. The van der Waals surface area contributed by atoms with Crippen molar-refractivity contribution in [2.45, 2.75) is 0 Å². The summed E-state index contributed by atoms with van der Waals surface area (Å²) in [6.45, 7) is 0. The summed E-state index contributed by atoms with van der Waals surface area (Å²) in [6.07, 6.45) is 4.92. The lowest BCUT2D eigenvalue weighted by Crippen LogP contribution is -2.17. The average molecular weight is 308 g/mol. The van der Waals surface area contributed by atoms with Gasteiger partial charge in [0.15, 0.2) is 0 Å². The van der Waals surface area contributed by atoms with Gasteiger partial charge >= 0.3 is 0 Å². The quantitative estimate of drug-likeness (QED) is 0.797. The Kier molecular flexibility index (Phi) is 4.01. The fraction of sp³-hybridized carbons (Fsp3) is 0.125. The van der Waals surface area contributed by atoms with Crippen molar-refractivity contribution in [3.63, 3.8) is 0 Å². The molecule has 0 unspecified atom stereocenters. The van der Waals surface area contributed by atoms with E-state index < -0.39 is 0 Å². The SMILES string of the molecule is CN(C)c1ccnc(C(=O)Nc2ccccc2-n2ccnn2)c1. The molecule has 0 fully saturated rings. The second-order valence-corrected chi connectivity index (χ2v) is 5.11. The molecule has 7 nitrogen and oxygen atoms in total. The number of rotatable bonds is 4. The number of para-hydroxylation sites is 2. The minimum atomic E-state index is -0.277. The molecular weight excluding hydrogens is 292 g/mol. The summed E-state index contributed by atoms with van der Waals surface area (Å²) in [5.74, 6) is -0.277. The van der Waals surface area contributed by atoms with Gasteiger partial charge in [-0.1, -0.05) is 17.3 Å². The first-order valence-electron chi connectivity index (χ1n) is 7.05. The van der Waals surface area contributed by atoms with Crippen LogP contribution in [0.3, 0.4) is 0 Å². The van der Waals surface area contributed by atoms with Crippen LogP contribution in [0.5, 0.6) is 0 Å². The highest BCUT2D eigenvalue weighted by Crippen LogP contribution is 2.20. The molecule has 2 aromatic heterocycles. The molecule has 116 valence electrons. The van der Waals surface area contributed by atoms with E-state index in [1.807, 2.05) is 49.3 Å². The number of nitrogens with zero attached hydrogens (tertiary/aromatic N) is 5. The number of amides is 1. The third-order valence-corrected chi connectivity index (χ3v) is 3.31. The van der Waals surface area contributed by atoms with Crippen molar-refractivity contribution in [1.29, 1.82) is 0 Å². The number of carbonyl (C=O) groups is 1. The van der Waals surface area contributed by atoms with E-state index in [2.05, 4.69) is 20.6 Å². The summed E-state index contributed by atoms with van der Waals surface area (Å²) in [5.41, 5.74) is 2.64. The second-order valence-electron chi connectivity index (χ2n) is 5.11. The minimum Gasteiger partial charge on any atom is -0.378 e. The molecule has 1 amide bonds. The molecule has 0 atom stereocenters. The van der Waals surface area contributed by atoms with Crippen LogP contribution in [0.15, 0.2) is 55.0 Å². The van der Waals surface area contributed by atoms with Crippen LogP contribution in [0, 0.1) is 0 Å². The Morgan fingerprint density at radius 3 is 2.74 bits per heavy atom. The smallest absolute Gasteiger partial charge is 0.274 e. The Morgan fingerprint density at radius 2 is 2.00 bits per heavy atom. The van der Waals surface area contributed by atoms with Gasteiger partial charge in [0.2, 0.25) is 0 Å². The molecule has 0 saturated heterocycles. The molecule has 3 aromatic rings. The number of benzene rings is 1. The molecule has 3 rings (SSSR count). The zero-order chi connectivity index (χ0) is 16.2. The Bertz CT molecular complexity index is 813. The maximum absolute atomic E-state index is 12.5. The number of aromatic nitrogens is 4. The van der Waals surface area contributed by atoms with Crippen LogP contribution in [0.4, 0.5) is 11.4 Å². The van der Waals surface area contributed by atoms with E-state index in [1.165, 1.54) is 0 Å². The maximum atomic E-state index is 12.5. The molecule has 0 bridgehead atoms. The summed E-state index contributed by atoms with van der Waals surface area (Å²) < 4.78 is 1.60. The van der Waals surface area contributed by atoms with Crippen molar-refractivity contribution < 1.29 is 4.79 Å². The van der Waals surface area contributed by atoms with E-state index in [1.54, 1.807) is 29.3 Å². The Morgan fingerprint density at radius 1 is 1.17 bits per heavy atom. The number of hydrogen-bond acceptors (Lipinski definition) is 5. The highest BCUT2D eigenvalue weighted by atomic mass is 16.1. The number of pyridine rings is 1. The fourth-order valence-corrected chi connectivity index (χ4v) is 2.12. The zero-order valence-electron chi connectivity index (χ0n) is 12.8. The van der Waals surface area contributed by atoms with E-state index in [0.29, 0.717) is 11.4 Å². The van der Waals surface area contributed by atoms with Crippen LogP contribution in [-0.2, 0) is 0 Å². The first-order chi connectivity index (χ1) is 11.1. The van der Waals surface area contributed by atoms with Gasteiger partial charge in [0, 0.05) is 26.0 Å². The van der Waals surface area contributed by atoms with Crippen molar-refractivity contribution in [3.8, 4) is 5.69 Å². The molecule has 0 radical (unpaired) electrons. The number of carbonyl (C=O) groups excluding carboxylic acids is 1. The monoisotopic (exact) mass is 308 g/mol. The zero-order valence-corrected chi connectivity index (χ0v) is 12.8. The summed E-state index contributed by atoms with van der Waals surface area (Å²) in [4.78, 5) is 18.5. The van der Waals surface area contributed by atoms with Crippen molar-refractivity contribution >= 4 is 17.3 Å². The van der Waals surface area contributed by atoms with Gasteiger partial charge in [-0.2, -0.15) is 0 Å². The van der Waals surface area contributed by atoms with Crippen LogP contribution in [0.1, 0.15) is 10.5 Å². The van der Waals surface area contributed by atoms with Gasteiger partial charge in [0.25, 0.3) is 5.91 Å². The van der Waals surface area contributed by atoms with E-state index in [-0.39, 0.29) is 5.91 Å². The predicted molar refractivity (Wildman–Crippen MR) is 87.9 cm³/mol. The molecule has 0 saturated carbocycles. The molecule has 0 aliphatic heterocycles. The Labute approximate surface area is 133 Å². The topological polar surface area (TPSA) is 75.9 Å². The normalized spacial score (nSPS) is 10.3. The average Bonchev–Trinajstić information content (AvgIpc) is 3.09. The molecule has 1 N–H and O–H groups in total. The van der Waals surface area contributed by atoms with Crippen molar-refractivity contribution in [3.05, 3.63) is 60.7 Å². The van der Waals surface area contributed by atoms with E-state index in [4.69, 9.17) is 0 Å². The minimum absolute atomic E-state index is 0.277. The number of hydrogen-bond donors (Lipinski definition) is 1. The van der Waals surface area contributed by atoms with Crippen molar-refractivity contribution in [2.75, 3.05) is 24.3 Å². The number of nitrogens with one attached hydrogen (secondary N) is 1. The van der Waals surface area contributed by atoms with E-state index in [9.17, 15) is 4.79 Å². The lowest BCUT2D eigenvalue weighted by molar-refractivity contribution is 0.102. The van der Waals surface area contributed by atoms with Crippen LogP contribution >= 0.6 is 0 Å². The third kappa shape index (κ3) is 3.18. The number of anilines is 2. The van der Waals surface area contributed by atoms with Crippen LogP contribution in [0.25, 0.3) is 5.69 Å². The van der Waals surface area contributed by atoms with E-state index in [0.717, 1.165) is 11.4 Å². The third-order valence-electron chi connectivity index (χ3n) is 3.31. The van der Waals surface area contributed by atoms with Gasteiger partial charge in [0.1, 0.15) is 5.69 Å². The largest absolute Gasteiger partial charge is 0.378 e. The molecule has 2 heterocycles. The highest BCUT2D eigenvalue weighted by molar-refractivity contribution is 6.04. The maximum Gasteiger partial charge on any atom is 0.274 e. The van der Waals surface area contributed by atoms with Gasteiger partial charge in [-0.3, -0.25) is 9.78 Å². The van der Waals surface area contributed by atoms with Gasteiger partial charge in [-0.25, -0.2) is 4.68 Å². The summed E-state index contributed by atoms with van der Waals surface area (Å²) in [7, 11) is 3.83. The van der Waals surface area contributed by atoms with Crippen LogP contribution < -0.4 is 10.2 Å². The van der Waals surface area contributed by atoms with Crippen LogP contribution in [-0.4, -0.2) is 40.0 Å². The van der Waals surface area contributed by atoms with Crippen molar-refractivity contribution in [2.24, 2.45) is 0 Å². The van der Waals surface area contributed by atoms with Crippen LogP contribution in [0.2, 0.25) is 0 Å².